The number of amides is 3. The highest BCUT2D eigenvalue weighted by molar-refractivity contribution is 6.06. The molecule has 1 atom stereocenters. The monoisotopic (exact) mass is 343 g/mol. The van der Waals surface area contributed by atoms with Crippen LogP contribution in [0, 0.1) is 11.6 Å². The summed E-state index contributed by atoms with van der Waals surface area (Å²) in [6.07, 6.45) is 0. The number of carbonyl (C=O) groups is 2. The Hall–Kier alpha value is -3.22. The molecule has 2 aromatic rings. The summed E-state index contributed by atoms with van der Waals surface area (Å²) in [6.45, 7) is 1.61. The maximum atomic E-state index is 13.2. The van der Waals surface area contributed by atoms with Crippen LogP contribution in [0.5, 0.6) is 0 Å². The Morgan fingerprint density at radius 3 is 2.16 bits per heavy atom. The van der Waals surface area contributed by atoms with Crippen LogP contribution in [-0.2, 0) is 4.79 Å². The van der Waals surface area contributed by atoms with E-state index in [2.05, 4.69) is 16.0 Å². The van der Waals surface area contributed by atoms with Crippen molar-refractivity contribution in [1.29, 1.82) is 0 Å². The van der Waals surface area contributed by atoms with E-state index in [4.69, 9.17) is 0 Å². The lowest BCUT2D eigenvalue weighted by Gasteiger charge is -2.28. The van der Waals surface area contributed by atoms with Gasteiger partial charge in [0.15, 0.2) is 0 Å². The number of anilines is 1. The molecule has 0 bridgehead atoms. The van der Waals surface area contributed by atoms with Gasteiger partial charge in [0, 0.05) is 11.4 Å². The zero-order valence-corrected chi connectivity index (χ0v) is 13.3. The maximum absolute atomic E-state index is 13.2. The van der Waals surface area contributed by atoms with E-state index in [1.165, 1.54) is 48.5 Å². The van der Waals surface area contributed by atoms with Crippen LogP contribution in [0.4, 0.5) is 19.3 Å². The van der Waals surface area contributed by atoms with E-state index in [9.17, 15) is 18.4 Å². The summed E-state index contributed by atoms with van der Waals surface area (Å²) in [4.78, 5) is 24.5. The van der Waals surface area contributed by atoms with Crippen LogP contribution in [0.3, 0.4) is 0 Å². The Bertz CT molecular complexity index is 846. The highest BCUT2D eigenvalue weighted by atomic mass is 19.1. The molecular weight excluding hydrogens is 328 g/mol. The van der Waals surface area contributed by atoms with E-state index < -0.39 is 29.6 Å². The first-order valence-corrected chi connectivity index (χ1v) is 7.54. The van der Waals surface area contributed by atoms with Crippen molar-refractivity contribution in [3.63, 3.8) is 0 Å². The molecule has 0 aliphatic carbocycles. The minimum Gasteiger partial charge on any atom is -0.327 e. The van der Waals surface area contributed by atoms with Gasteiger partial charge in [-0.2, -0.15) is 0 Å². The molecule has 3 N–H and O–H groups in total. The second kappa shape index (κ2) is 6.72. The van der Waals surface area contributed by atoms with Crippen molar-refractivity contribution < 1.29 is 18.4 Å². The number of nitrogens with one attached hydrogen (secondary N) is 3. The van der Waals surface area contributed by atoms with Crippen molar-refractivity contribution in [2.24, 2.45) is 0 Å². The Balaban J connectivity index is 1.92. The third-order valence-corrected chi connectivity index (χ3v) is 3.82. The van der Waals surface area contributed by atoms with Crippen molar-refractivity contribution >= 4 is 17.6 Å². The number of benzene rings is 2. The fraction of sp³-hybridized carbons (Fsp3) is 0.111. The number of carbonyl (C=O) groups excluding carboxylic acids is 2. The van der Waals surface area contributed by atoms with Gasteiger partial charge in [0.2, 0.25) is 0 Å². The topological polar surface area (TPSA) is 70.2 Å². The molecule has 0 aromatic heterocycles. The maximum Gasteiger partial charge on any atom is 0.319 e. The molecule has 5 nitrogen and oxygen atoms in total. The molecule has 1 aliphatic heterocycles. The van der Waals surface area contributed by atoms with Crippen LogP contribution < -0.4 is 16.0 Å². The summed E-state index contributed by atoms with van der Waals surface area (Å²) in [7, 11) is 0. The van der Waals surface area contributed by atoms with Gasteiger partial charge in [0.1, 0.15) is 11.6 Å². The number of hydrogen-bond acceptors (Lipinski definition) is 2. The molecule has 128 valence electrons. The zero-order valence-electron chi connectivity index (χ0n) is 13.3. The molecule has 0 radical (unpaired) electrons. The summed E-state index contributed by atoms with van der Waals surface area (Å²) in [5.74, 6) is -1.28. The minimum atomic E-state index is -0.727. The average Bonchev–Trinajstić information content (AvgIpc) is 2.57. The van der Waals surface area contributed by atoms with E-state index in [0.29, 0.717) is 16.9 Å². The zero-order chi connectivity index (χ0) is 18.0. The largest absolute Gasteiger partial charge is 0.327 e. The summed E-state index contributed by atoms with van der Waals surface area (Å²) in [5.41, 5.74) is 1.66. The lowest BCUT2D eigenvalue weighted by molar-refractivity contribution is -0.113. The molecule has 0 saturated heterocycles. The van der Waals surface area contributed by atoms with Crippen molar-refractivity contribution in [3.8, 4) is 0 Å². The lowest BCUT2D eigenvalue weighted by atomic mass is 9.95. The molecule has 1 aliphatic rings. The van der Waals surface area contributed by atoms with Crippen LogP contribution in [0.15, 0.2) is 59.8 Å². The second-order valence-electron chi connectivity index (χ2n) is 5.58. The minimum absolute atomic E-state index is 0.288. The molecule has 25 heavy (non-hydrogen) atoms. The Labute approximate surface area is 142 Å². The summed E-state index contributed by atoms with van der Waals surface area (Å²) in [5, 5.41) is 7.87. The van der Waals surface area contributed by atoms with Gasteiger partial charge < -0.3 is 16.0 Å². The third kappa shape index (κ3) is 3.65. The molecule has 3 amide bonds. The lowest BCUT2D eigenvalue weighted by Crippen LogP contribution is -2.45. The predicted molar refractivity (Wildman–Crippen MR) is 88.5 cm³/mol. The highest BCUT2D eigenvalue weighted by Crippen LogP contribution is 2.28. The smallest absolute Gasteiger partial charge is 0.319 e. The van der Waals surface area contributed by atoms with Crippen LogP contribution in [-0.4, -0.2) is 11.9 Å². The van der Waals surface area contributed by atoms with Gasteiger partial charge in [-0.05, 0) is 48.9 Å². The summed E-state index contributed by atoms with van der Waals surface area (Å²) in [6, 6.07) is 9.68. The molecule has 0 saturated carbocycles. The highest BCUT2D eigenvalue weighted by Gasteiger charge is 2.31. The van der Waals surface area contributed by atoms with Crippen molar-refractivity contribution in [3.05, 3.63) is 77.0 Å². The SMILES string of the molecule is CC1=C(C(=O)Nc2ccc(F)cc2)[C@H](c2ccc(F)cc2)NC(=O)N1. The van der Waals surface area contributed by atoms with E-state index in [1.807, 2.05) is 0 Å². The first-order valence-electron chi connectivity index (χ1n) is 7.54. The quantitative estimate of drug-likeness (QED) is 0.801. The van der Waals surface area contributed by atoms with E-state index in [-0.39, 0.29) is 5.57 Å². The first-order chi connectivity index (χ1) is 11.9. The number of hydrogen-bond donors (Lipinski definition) is 3. The van der Waals surface area contributed by atoms with Gasteiger partial charge in [0.25, 0.3) is 5.91 Å². The van der Waals surface area contributed by atoms with E-state index in [1.54, 1.807) is 6.92 Å². The van der Waals surface area contributed by atoms with Gasteiger partial charge in [-0.1, -0.05) is 12.1 Å². The summed E-state index contributed by atoms with van der Waals surface area (Å²) < 4.78 is 26.2. The normalized spacial score (nSPS) is 16.9. The molecule has 7 heteroatoms. The van der Waals surface area contributed by atoms with Gasteiger partial charge in [0.05, 0.1) is 11.6 Å². The third-order valence-electron chi connectivity index (χ3n) is 3.82. The molecule has 0 unspecified atom stereocenters. The van der Waals surface area contributed by atoms with Crippen LogP contribution in [0.25, 0.3) is 0 Å². The average molecular weight is 343 g/mol. The van der Waals surface area contributed by atoms with Crippen molar-refractivity contribution in [2.45, 2.75) is 13.0 Å². The Morgan fingerprint density at radius 1 is 1.00 bits per heavy atom. The van der Waals surface area contributed by atoms with Crippen LogP contribution in [0.2, 0.25) is 0 Å². The van der Waals surface area contributed by atoms with E-state index in [0.717, 1.165) is 0 Å². The second-order valence-corrected chi connectivity index (χ2v) is 5.58. The standard InChI is InChI=1S/C18H15F2N3O2/c1-10-15(17(24)22-14-8-6-13(20)7-9-14)16(23-18(25)21-10)11-2-4-12(19)5-3-11/h2-9,16H,1H3,(H,22,24)(H2,21,23,25)/t16-/m0/s1. The van der Waals surface area contributed by atoms with Crippen molar-refractivity contribution in [1.82, 2.24) is 10.6 Å². The molecule has 0 spiro atoms. The van der Waals surface area contributed by atoms with Gasteiger partial charge in [-0.3, -0.25) is 4.79 Å². The predicted octanol–water partition coefficient (Wildman–Crippen LogP) is 3.23. The number of rotatable bonds is 3. The summed E-state index contributed by atoms with van der Waals surface area (Å²) >= 11 is 0. The Kier molecular flexibility index (Phi) is 4.47. The fourth-order valence-corrected chi connectivity index (χ4v) is 2.63. The van der Waals surface area contributed by atoms with Crippen LogP contribution >= 0.6 is 0 Å². The number of halogens is 2. The molecule has 1 heterocycles. The molecule has 0 fully saturated rings. The number of allylic oxidation sites excluding steroid dienone is 1. The van der Waals surface area contributed by atoms with Gasteiger partial charge in [-0.25, -0.2) is 13.6 Å². The molecule has 3 rings (SSSR count). The van der Waals surface area contributed by atoms with E-state index >= 15 is 0 Å². The first kappa shape index (κ1) is 16.6. The van der Waals surface area contributed by atoms with Crippen molar-refractivity contribution in [2.75, 3.05) is 5.32 Å². The van der Waals surface area contributed by atoms with Gasteiger partial charge >= 0.3 is 6.03 Å². The van der Waals surface area contributed by atoms with Gasteiger partial charge in [-0.15, -0.1) is 0 Å². The molecule has 2 aromatic carbocycles. The Morgan fingerprint density at radius 2 is 1.56 bits per heavy atom. The fourth-order valence-electron chi connectivity index (χ4n) is 2.63. The van der Waals surface area contributed by atoms with Crippen LogP contribution in [0.1, 0.15) is 18.5 Å². The number of urea groups is 1. The molecular formula is C18H15F2N3O2.